The maximum Gasteiger partial charge on any atom is 0.0624 e. The largest absolute Gasteiger partial charge is 0.0957 e. The summed E-state index contributed by atoms with van der Waals surface area (Å²) in [5, 5.41) is -1.09. The molecule has 0 aromatic rings. The molecule has 4 radical (unpaired) electrons. The van der Waals surface area contributed by atoms with Crippen LogP contribution in [0.15, 0.2) is 0 Å². The van der Waals surface area contributed by atoms with Crippen molar-refractivity contribution in [2.24, 2.45) is 47.3 Å². The topological polar surface area (TPSA) is 0 Å². The second kappa shape index (κ2) is 2.75. The summed E-state index contributed by atoms with van der Waals surface area (Å²) in [6.07, 6.45) is 0.866. The molecule has 4 saturated carbocycles. The van der Waals surface area contributed by atoms with Gasteiger partial charge in [-0.05, 0) is 60.2 Å². The van der Waals surface area contributed by atoms with Gasteiger partial charge in [0.25, 0.3) is 0 Å². The van der Waals surface area contributed by atoms with Crippen molar-refractivity contribution in [2.45, 2.75) is 38.3 Å². The van der Waals surface area contributed by atoms with E-state index in [-0.39, 0.29) is 11.8 Å². The molecule has 0 saturated heterocycles. The summed E-state index contributed by atoms with van der Waals surface area (Å²) in [5.74, 6) is 4.55. The fraction of sp³-hybridized carbons (Fsp3) is 1.00. The van der Waals surface area contributed by atoms with Crippen LogP contribution in [0.25, 0.3) is 0 Å². The lowest BCUT2D eigenvalue weighted by Gasteiger charge is -2.47. The van der Waals surface area contributed by atoms with Crippen molar-refractivity contribution in [3.63, 3.8) is 0 Å². The first-order valence-electron chi connectivity index (χ1n) is 7.86. The fourth-order valence-electron chi connectivity index (χ4n) is 5.93. The first kappa shape index (κ1) is 8.27. The minimum absolute atomic E-state index is 0.118. The van der Waals surface area contributed by atoms with Gasteiger partial charge in [0, 0.05) is 2.74 Å². The normalized spacial score (nSPS) is 70.1. The Bertz CT molecular complexity index is 373. The van der Waals surface area contributed by atoms with Gasteiger partial charge >= 0.3 is 0 Å². The van der Waals surface area contributed by atoms with E-state index in [1.807, 2.05) is 0 Å². The number of fused-ring (bicyclic) bond motifs is 9. The summed E-state index contributed by atoms with van der Waals surface area (Å²) in [7, 11) is 12.4. The summed E-state index contributed by atoms with van der Waals surface area (Å²) < 4.78 is 16.7. The number of rotatable bonds is 0. The highest BCUT2D eigenvalue weighted by atomic mass is 14.7. The molecule has 0 amide bonds. The fourth-order valence-corrected chi connectivity index (χ4v) is 5.93. The standard InChI is InChI=1S/C14H20B2/c1-6-7(2)10-4-9(6)12-8-3-11(13(10)12)14(15,16)5-8/h6-13H,3-5H2,1-2H3/i5D2. The Labute approximate surface area is 105 Å². The van der Waals surface area contributed by atoms with Crippen molar-refractivity contribution >= 4 is 15.7 Å². The van der Waals surface area contributed by atoms with Gasteiger partial charge in [-0.3, -0.25) is 0 Å². The molecule has 0 aromatic carbocycles. The molecule has 4 aliphatic rings. The van der Waals surface area contributed by atoms with E-state index < -0.39 is 11.6 Å². The molecule has 0 nitrogen and oxygen atoms in total. The smallest absolute Gasteiger partial charge is 0.0624 e. The van der Waals surface area contributed by atoms with Gasteiger partial charge in [-0.15, -0.1) is 0 Å². The Morgan fingerprint density at radius 3 is 2.38 bits per heavy atom. The van der Waals surface area contributed by atoms with Crippen LogP contribution in [0.4, 0.5) is 0 Å². The van der Waals surface area contributed by atoms with Gasteiger partial charge in [0.1, 0.15) is 0 Å². The molecule has 0 aromatic heterocycles. The number of hydrogen-bond acceptors (Lipinski definition) is 0. The van der Waals surface area contributed by atoms with Crippen LogP contribution in [0, 0.1) is 47.3 Å². The van der Waals surface area contributed by atoms with Gasteiger partial charge in [-0.25, -0.2) is 0 Å². The molecule has 2 heteroatoms. The minimum atomic E-state index is -1.37. The van der Waals surface area contributed by atoms with Crippen LogP contribution in [-0.4, -0.2) is 15.7 Å². The summed E-state index contributed by atoms with van der Waals surface area (Å²) in [6.45, 7) is 4.74. The molecule has 16 heavy (non-hydrogen) atoms. The Morgan fingerprint density at radius 2 is 1.69 bits per heavy atom. The quantitative estimate of drug-likeness (QED) is 0.427. The maximum absolute atomic E-state index is 8.34. The van der Waals surface area contributed by atoms with Crippen LogP contribution in [0.3, 0.4) is 0 Å². The highest BCUT2D eigenvalue weighted by molar-refractivity contribution is 6.40. The zero-order valence-electron chi connectivity index (χ0n) is 12.2. The Hall–Kier alpha value is 0.130. The van der Waals surface area contributed by atoms with Crippen LogP contribution in [0.2, 0.25) is 5.21 Å². The summed E-state index contributed by atoms with van der Waals surface area (Å²) in [4.78, 5) is 0. The molecule has 0 spiro atoms. The first-order chi connectivity index (χ1) is 8.28. The van der Waals surface area contributed by atoms with Crippen molar-refractivity contribution in [2.75, 3.05) is 0 Å². The van der Waals surface area contributed by atoms with E-state index in [1.54, 1.807) is 0 Å². The summed E-state index contributed by atoms with van der Waals surface area (Å²) >= 11 is 0. The Kier molecular flexibility index (Phi) is 1.42. The van der Waals surface area contributed by atoms with E-state index in [9.17, 15) is 0 Å². The van der Waals surface area contributed by atoms with Gasteiger partial charge in [0.2, 0.25) is 0 Å². The maximum atomic E-state index is 8.34. The third-order valence-corrected chi connectivity index (χ3v) is 6.64. The van der Waals surface area contributed by atoms with Crippen molar-refractivity contribution in [1.29, 1.82) is 0 Å². The molecule has 4 fully saturated rings. The lowest BCUT2D eigenvalue weighted by Crippen LogP contribution is -2.41. The molecule has 8 atom stereocenters. The van der Waals surface area contributed by atoms with E-state index in [4.69, 9.17) is 18.4 Å². The van der Waals surface area contributed by atoms with Gasteiger partial charge in [-0.1, -0.05) is 25.4 Å². The SMILES string of the molecule is [2H]C1([2H])C2CC(C3C4CC(C(C)C4C)C32)C1([B])[B]. The van der Waals surface area contributed by atoms with Crippen molar-refractivity contribution in [3.8, 4) is 0 Å². The van der Waals surface area contributed by atoms with Crippen LogP contribution in [0.1, 0.15) is 35.8 Å². The van der Waals surface area contributed by atoms with Crippen molar-refractivity contribution in [1.82, 2.24) is 0 Å². The molecule has 0 aliphatic heterocycles. The zero-order valence-corrected chi connectivity index (χ0v) is 10.2. The van der Waals surface area contributed by atoms with Crippen LogP contribution >= 0.6 is 0 Å². The average molecular weight is 212 g/mol. The average Bonchev–Trinajstić information content (AvgIpc) is 2.91. The predicted octanol–water partition coefficient (Wildman–Crippen LogP) is 2.63. The highest BCUT2D eigenvalue weighted by Crippen LogP contribution is 2.74. The number of hydrogen-bond donors (Lipinski definition) is 0. The lowest BCUT2D eigenvalue weighted by atomic mass is 9.43. The third-order valence-electron chi connectivity index (χ3n) is 6.64. The molecule has 4 aliphatic carbocycles. The molecule has 0 heterocycles. The molecule has 4 rings (SSSR count). The van der Waals surface area contributed by atoms with Gasteiger partial charge in [0.15, 0.2) is 0 Å². The second-order valence-corrected chi connectivity index (χ2v) is 6.96. The minimum Gasteiger partial charge on any atom is -0.0957 e. The third kappa shape index (κ3) is 0.932. The van der Waals surface area contributed by atoms with Crippen molar-refractivity contribution < 1.29 is 2.74 Å². The highest BCUT2D eigenvalue weighted by Gasteiger charge is 2.66. The molecule has 8 unspecified atom stereocenters. The predicted molar refractivity (Wildman–Crippen MR) is 67.3 cm³/mol. The first-order valence-corrected chi connectivity index (χ1v) is 6.86. The van der Waals surface area contributed by atoms with Crippen LogP contribution < -0.4 is 0 Å². The van der Waals surface area contributed by atoms with Crippen molar-refractivity contribution in [3.05, 3.63) is 0 Å². The van der Waals surface area contributed by atoms with Crippen LogP contribution in [0.5, 0.6) is 0 Å². The van der Waals surface area contributed by atoms with Gasteiger partial charge < -0.3 is 0 Å². The second-order valence-electron chi connectivity index (χ2n) is 6.96. The zero-order chi connectivity index (χ0) is 13.0. The lowest BCUT2D eigenvalue weighted by molar-refractivity contribution is 0.0661. The monoisotopic (exact) mass is 212 g/mol. The Balaban J connectivity index is 1.78. The van der Waals surface area contributed by atoms with Gasteiger partial charge in [-0.2, -0.15) is 0 Å². The van der Waals surface area contributed by atoms with E-state index in [0.717, 1.165) is 30.1 Å². The summed E-state index contributed by atoms with van der Waals surface area (Å²) in [5.41, 5.74) is 0. The van der Waals surface area contributed by atoms with Gasteiger partial charge in [0.05, 0.1) is 15.7 Å². The van der Waals surface area contributed by atoms with E-state index in [2.05, 4.69) is 13.8 Å². The Morgan fingerprint density at radius 1 is 1.06 bits per heavy atom. The molecule has 82 valence electrons. The molecular weight excluding hydrogens is 190 g/mol. The molecular formula is C14H20B2. The van der Waals surface area contributed by atoms with Crippen LogP contribution in [-0.2, 0) is 0 Å². The van der Waals surface area contributed by atoms with E-state index in [0.29, 0.717) is 11.8 Å². The van der Waals surface area contributed by atoms with E-state index in [1.165, 1.54) is 6.42 Å². The molecule has 4 bridgehead atoms. The van der Waals surface area contributed by atoms with E-state index >= 15 is 0 Å². The summed E-state index contributed by atoms with van der Waals surface area (Å²) in [6, 6.07) is 0. The molecule has 0 N–H and O–H groups in total.